The number of pyridine rings is 1. The van der Waals surface area contributed by atoms with Crippen molar-refractivity contribution < 1.29 is 9.18 Å². The maximum absolute atomic E-state index is 14.1. The standard InChI is InChI=1S/C21H15ClFN3O2S/c1-12-7-8-17-18(10-12)29-21(24-17)25-19(27)13-4-3-9-26(20(13)28)11-14-15(22)5-2-6-16(14)23/h2-10H,11H2,1H3,(H,24,25,27). The molecule has 4 aromatic rings. The average Bonchev–Trinajstić information content (AvgIpc) is 3.07. The lowest BCUT2D eigenvalue weighted by Gasteiger charge is -2.10. The molecule has 0 saturated carbocycles. The minimum absolute atomic E-state index is 0.0598. The van der Waals surface area contributed by atoms with Crippen molar-refractivity contribution in [2.45, 2.75) is 13.5 Å². The van der Waals surface area contributed by atoms with Crippen LogP contribution in [-0.2, 0) is 6.54 Å². The Kier molecular flexibility index (Phi) is 5.17. The van der Waals surface area contributed by atoms with Crippen molar-refractivity contribution in [3.05, 3.63) is 92.6 Å². The fraction of sp³-hybridized carbons (Fsp3) is 0.0952. The summed E-state index contributed by atoms with van der Waals surface area (Å²) in [6.07, 6.45) is 1.49. The summed E-state index contributed by atoms with van der Waals surface area (Å²) in [6, 6.07) is 13.1. The second-order valence-corrected chi connectivity index (χ2v) is 7.94. The lowest BCUT2D eigenvalue weighted by Crippen LogP contribution is -2.29. The molecule has 29 heavy (non-hydrogen) atoms. The maximum atomic E-state index is 14.1. The highest BCUT2D eigenvalue weighted by molar-refractivity contribution is 7.22. The Balaban J connectivity index is 1.62. The van der Waals surface area contributed by atoms with E-state index in [1.807, 2.05) is 25.1 Å². The molecule has 0 unspecified atom stereocenters. The number of aromatic nitrogens is 2. The topological polar surface area (TPSA) is 64.0 Å². The number of carbonyl (C=O) groups excluding carboxylic acids is 1. The van der Waals surface area contributed by atoms with Gasteiger partial charge >= 0.3 is 0 Å². The van der Waals surface area contributed by atoms with Crippen LogP contribution in [0, 0.1) is 12.7 Å². The van der Waals surface area contributed by atoms with E-state index in [4.69, 9.17) is 11.6 Å². The molecule has 0 bridgehead atoms. The second-order valence-electron chi connectivity index (χ2n) is 6.50. The zero-order chi connectivity index (χ0) is 20.5. The summed E-state index contributed by atoms with van der Waals surface area (Å²) in [7, 11) is 0. The third-order valence-electron chi connectivity index (χ3n) is 4.42. The number of fused-ring (bicyclic) bond motifs is 1. The van der Waals surface area contributed by atoms with Gasteiger partial charge in [-0.25, -0.2) is 9.37 Å². The van der Waals surface area contributed by atoms with E-state index < -0.39 is 17.3 Å². The summed E-state index contributed by atoms with van der Waals surface area (Å²) >= 11 is 7.38. The van der Waals surface area contributed by atoms with Crippen LogP contribution in [0.4, 0.5) is 9.52 Å². The van der Waals surface area contributed by atoms with Gasteiger partial charge in [0.05, 0.1) is 16.8 Å². The fourth-order valence-corrected chi connectivity index (χ4v) is 4.12. The van der Waals surface area contributed by atoms with E-state index in [9.17, 15) is 14.0 Å². The summed E-state index contributed by atoms with van der Waals surface area (Å²) in [5.74, 6) is -1.08. The van der Waals surface area contributed by atoms with Gasteiger partial charge in [-0.2, -0.15) is 0 Å². The summed E-state index contributed by atoms with van der Waals surface area (Å²) < 4.78 is 16.3. The van der Waals surface area contributed by atoms with E-state index >= 15 is 0 Å². The van der Waals surface area contributed by atoms with Crippen molar-refractivity contribution in [1.82, 2.24) is 9.55 Å². The molecule has 0 fully saturated rings. The third-order valence-corrected chi connectivity index (χ3v) is 5.71. The summed E-state index contributed by atoms with van der Waals surface area (Å²) in [6.45, 7) is 1.90. The van der Waals surface area contributed by atoms with Gasteiger partial charge in [0, 0.05) is 16.8 Å². The number of rotatable bonds is 4. The molecule has 5 nitrogen and oxygen atoms in total. The number of carbonyl (C=O) groups is 1. The Morgan fingerprint density at radius 1 is 1.24 bits per heavy atom. The molecule has 0 radical (unpaired) electrons. The minimum atomic E-state index is -0.570. The maximum Gasteiger partial charge on any atom is 0.263 e. The van der Waals surface area contributed by atoms with Crippen molar-refractivity contribution in [2.24, 2.45) is 0 Å². The summed E-state index contributed by atoms with van der Waals surface area (Å²) in [5.41, 5.74) is 1.46. The molecule has 0 atom stereocenters. The smallest absolute Gasteiger partial charge is 0.263 e. The van der Waals surface area contributed by atoms with E-state index in [1.54, 1.807) is 12.1 Å². The van der Waals surface area contributed by atoms with Crippen molar-refractivity contribution in [3.63, 3.8) is 0 Å². The first-order chi connectivity index (χ1) is 13.9. The lowest BCUT2D eigenvalue weighted by molar-refractivity contribution is 0.102. The van der Waals surface area contributed by atoms with Gasteiger partial charge in [-0.15, -0.1) is 0 Å². The van der Waals surface area contributed by atoms with Gasteiger partial charge in [-0.3, -0.25) is 14.9 Å². The first-order valence-electron chi connectivity index (χ1n) is 8.73. The fourth-order valence-electron chi connectivity index (χ4n) is 2.94. The van der Waals surface area contributed by atoms with Crippen molar-refractivity contribution in [2.75, 3.05) is 5.32 Å². The molecule has 0 aliphatic rings. The Labute approximate surface area is 174 Å². The summed E-state index contributed by atoms with van der Waals surface area (Å²) in [5, 5.41) is 3.30. The molecule has 0 aliphatic carbocycles. The van der Waals surface area contributed by atoms with Gasteiger partial charge in [0.15, 0.2) is 5.13 Å². The predicted octanol–water partition coefficient (Wildman–Crippen LogP) is 4.86. The molecule has 8 heteroatoms. The Morgan fingerprint density at radius 3 is 2.86 bits per heavy atom. The number of hydrogen-bond acceptors (Lipinski definition) is 4. The van der Waals surface area contributed by atoms with Crippen LogP contribution in [0.1, 0.15) is 21.5 Å². The van der Waals surface area contributed by atoms with Gasteiger partial charge in [0.1, 0.15) is 11.4 Å². The largest absolute Gasteiger partial charge is 0.310 e. The summed E-state index contributed by atoms with van der Waals surface area (Å²) in [4.78, 5) is 29.8. The number of anilines is 1. The number of benzene rings is 2. The molecule has 2 aromatic heterocycles. The molecular weight excluding hydrogens is 413 g/mol. The van der Waals surface area contributed by atoms with Crippen LogP contribution in [0.2, 0.25) is 5.02 Å². The number of thiazole rings is 1. The molecule has 0 saturated heterocycles. The van der Waals surface area contributed by atoms with Crippen LogP contribution in [-0.4, -0.2) is 15.5 Å². The second kappa shape index (κ2) is 7.77. The lowest BCUT2D eigenvalue weighted by atomic mass is 10.2. The van der Waals surface area contributed by atoms with Gasteiger partial charge in [-0.1, -0.05) is 35.1 Å². The number of halogens is 2. The molecule has 0 spiro atoms. The van der Waals surface area contributed by atoms with Crippen LogP contribution in [0.25, 0.3) is 10.2 Å². The number of nitrogens with zero attached hydrogens (tertiary/aromatic N) is 2. The molecule has 2 heterocycles. The van der Waals surface area contributed by atoms with E-state index in [0.29, 0.717) is 5.13 Å². The monoisotopic (exact) mass is 427 g/mol. The zero-order valence-electron chi connectivity index (χ0n) is 15.3. The minimum Gasteiger partial charge on any atom is -0.310 e. The van der Waals surface area contributed by atoms with E-state index in [-0.39, 0.29) is 22.7 Å². The third kappa shape index (κ3) is 3.92. The van der Waals surface area contributed by atoms with Gasteiger partial charge < -0.3 is 4.57 Å². The Morgan fingerprint density at radius 2 is 2.07 bits per heavy atom. The molecule has 4 rings (SSSR count). The molecule has 1 N–H and O–H groups in total. The van der Waals surface area contributed by atoms with Gasteiger partial charge in [-0.05, 0) is 48.9 Å². The number of amides is 1. The molecule has 146 valence electrons. The highest BCUT2D eigenvalue weighted by Gasteiger charge is 2.16. The number of nitrogens with one attached hydrogen (secondary N) is 1. The van der Waals surface area contributed by atoms with Crippen molar-refractivity contribution in [1.29, 1.82) is 0 Å². The number of hydrogen-bond donors (Lipinski definition) is 1. The van der Waals surface area contributed by atoms with Crippen molar-refractivity contribution in [3.8, 4) is 0 Å². The molecule has 0 aliphatic heterocycles. The number of aryl methyl sites for hydroxylation is 1. The van der Waals surface area contributed by atoms with Gasteiger partial charge in [0.25, 0.3) is 11.5 Å². The average molecular weight is 428 g/mol. The van der Waals surface area contributed by atoms with Crippen LogP contribution in [0.3, 0.4) is 0 Å². The highest BCUT2D eigenvalue weighted by atomic mass is 35.5. The van der Waals surface area contributed by atoms with Crippen LogP contribution >= 0.6 is 22.9 Å². The van der Waals surface area contributed by atoms with Gasteiger partial charge in [0.2, 0.25) is 0 Å². The zero-order valence-corrected chi connectivity index (χ0v) is 16.9. The molecule has 1 amide bonds. The Hall–Kier alpha value is -3.03. The quantitative estimate of drug-likeness (QED) is 0.506. The van der Waals surface area contributed by atoms with Crippen molar-refractivity contribution >= 4 is 44.2 Å². The molecule has 2 aromatic carbocycles. The SMILES string of the molecule is Cc1ccc2nc(NC(=O)c3cccn(Cc4c(F)cccc4Cl)c3=O)sc2c1. The predicted molar refractivity (Wildman–Crippen MR) is 114 cm³/mol. The first kappa shape index (κ1) is 19.3. The van der Waals surface area contributed by atoms with E-state index in [0.717, 1.165) is 15.8 Å². The van der Waals surface area contributed by atoms with Crippen LogP contribution < -0.4 is 10.9 Å². The molecular formula is C21H15ClFN3O2S. The normalized spacial score (nSPS) is 11.0. The highest BCUT2D eigenvalue weighted by Crippen LogP contribution is 2.27. The van der Waals surface area contributed by atoms with E-state index in [2.05, 4.69) is 10.3 Å². The van der Waals surface area contributed by atoms with Crippen LogP contribution in [0.15, 0.2) is 59.5 Å². The van der Waals surface area contributed by atoms with E-state index in [1.165, 1.54) is 40.3 Å². The Bertz CT molecular complexity index is 1280. The first-order valence-corrected chi connectivity index (χ1v) is 9.93. The van der Waals surface area contributed by atoms with Crippen LogP contribution in [0.5, 0.6) is 0 Å².